The van der Waals surface area contributed by atoms with Crippen LogP contribution in [0.4, 0.5) is 0 Å². The van der Waals surface area contributed by atoms with Gasteiger partial charge in [0.25, 0.3) is 0 Å². The molecule has 0 aromatic carbocycles. The van der Waals surface area contributed by atoms with Gasteiger partial charge in [0.15, 0.2) is 0 Å². The predicted octanol–water partition coefficient (Wildman–Crippen LogP) is 1.70. The monoisotopic (exact) mass is 169 g/mol. The van der Waals surface area contributed by atoms with Crippen molar-refractivity contribution in [2.24, 2.45) is 5.92 Å². The van der Waals surface area contributed by atoms with Gasteiger partial charge in [0.1, 0.15) is 5.78 Å². The minimum Gasteiger partial charge on any atom is -0.300 e. The minimum absolute atomic E-state index is 0.307. The van der Waals surface area contributed by atoms with E-state index in [0.717, 1.165) is 18.9 Å². The summed E-state index contributed by atoms with van der Waals surface area (Å²) in [5, 5.41) is 0. The lowest BCUT2D eigenvalue weighted by Gasteiger charge is -2.19. The van der Waals surface area contributed by atoms with E-state index in [1.807, 2.05) is 0 Å². The van der Waals surface area contributed by atoms with Crippen LogP contribution in [0, 0.1) is 5.92 Å². The number of rotatable bonds is 3. The Morgan fingerprint density at radius 3 is 2.58 bits per heavy atom. The van der Waals surface area contributed by atoms with E-state index in [1.165, 1.54) is 13.0 Å². The Morgan fingerprint density at radius 2 is 2.17 bits per heavy atom. The van der Waals surface area contributed by atoms with Crippen LogP contribution in [0.25, 0.3) is 0 Å². The molecule has 0 radical (unpaired) electrons. The van der Waals surface area contributed by atoms with Crippen molar-refractivity contribution in [1.82, 2.24) is 4.90 Å². The topological polar surface area (TPSA) is 20.3 Å². The first-order valence-electron chi connectivity index (χ1n) is 4.83. The Bertz CT molecular complexity index is 167. The maximum absolute atomic E-state index is 10.8. The normalized spacial score (nSPS) is 30.9. The molecule has 1 heterocycles. The zero-order valence-corrected chi connectivity index (χ0v) is 8.34. The predicted molar refractivity (Wildman–Crippen MR) is 50.1 cm³/mol. The van der Waals surface area contributed by atoms with Crippen LogP contribution < -0.4 is 0 Å². The summed E-state index contributed by atoms with van der Waals surface area (Å²) < 4.78 is 0. The quantitative estimate of drug-likeness (QED) is 0.641. The van der Waals surface area contributed by atoms with Crippen molar-refractivity contribution < 1.29 is 4.79 Å². The second-order valence-electron chi connectivity index (χ2n) is 4.14. The van der Waals surface area contributed by atoms with E-state index < -0.39 is 0 Å². The lowest BCUT2D eigenvalue weighted by molar-refractivity contribution is -0.117. The van der Waals surface area contributed by atoms with Gasteiger partial charge in [0, 0.05) is 25.6 Å². The Kier molecular flexibility index (Phi) is 3.27. The molecule has 1 saturated heterocycles. The second-order valence-corrected chi connectivity index (χ2v) is 4.14. The molecule has 12 heavy (non-hydrogen) atoms. The van der Waals surface area contributed by atoms with E-state index in [4.69, 9.17) is 0 Å². The average Bonchev–Trinajstić information content (AvgIpc) is 2.26. The summed E-state index contributed by atoms with van der Waals surface area (Å²) in [4.78, 5) is 13.2. The van der Waals surface area contributed by atoms with Crippen molar-refractivity contribution in [2.75, 3.05) is 13.1 Å². The fourth-order valence-electron chi connectivity index (χ4n) is 2.00. The Labute approximate surface area is 74.9 Å². The molecule has 2 unspecified atom stereocenters. The van der Waals surface area contributed by atoms with Gasteiger partial charge in [0.05, 0.1) is 0 Å². The maximum atomic E-state index is 10.8. The van der Waals surface area contributed by atoms with Crippen LogP contribution in [-0.2, 0) is 4.79 Å². The zero-order chi connectivity index (χ0) is 9.14. The SMILES string of the molecule is CC(=O)CCN1CC(C)CC1C. The van der Waals surface area contributed by atoms with Crippen molar-refractivity contribution in [3.8, 4) is 0 Å². The van der Waals surface area contributed by atoms with Crippen LogP contribution in [-0.4, -0.2) is 29.8 Å². The third kappa shape index (κ3) is 2.59. The summed E-state index contributed by atoms with van der Waals surface area (Å²) >= 11 is 0. The van der Waals surface area contributed by atoms with Gasteiger partial charge in [-0.05, 0) is 26.2 Å². The number of Topliss-reactive ketones (excluding diaryl/α,β-unsaturated/α-hetero) is 1. The standard InChI is InChI=1S/C10H19NO/c1-8-6-9(2)11(7-8)5-4-10(3)12/h8-9H,4-7H2,1-3H3. The van der Waals surface area contributed by atoms with Crippen molar-refractivity contribution in [1.29, 1.82) is 0 Å². The van der Waals surface area contributed by atoms with Gasteiger partial charge in [-0.15, -0.1) is 0 Å². The van der Waals surface area contributed by atoms with Crippen LogP contribution in [0.15, 0.2) is 0 Å². The highest BCUT2D eigenvalue weighted by Crippen LogP contribution is 2.21. The summed E-state index contributed by atoms with van der Waals surface area (Å²) in [6.45, 7) is 8.34. The fourth-order valence-corrected chi connectivity index (χ4v) is 2.00. The van der Waals surface area contributed by atoms with E-state index in [9.17, 15) is 4.79 Å². The number of carbonyl (C=O) groups excluding carboxylic acids is 1. The molecule has 0 bridgehead atoms. The van der Waals surface area contributed by atoms with Gasteiger partial charge in [-0.3, -0.25) is 9.69 Å². The molecule has 0 aromatic rings. The molecule has 0 saturated carbocycles. The number of hydrogen-bond acceptors (Lipinski definition) is 2. The van der Waals surface area contributed by atoms with Crippen LogP contribution >= 0.6 is 0 Å². The van der Waals surface area contributed by atoms with Crippen molar-refractivity contribution in [3.63, 3.8) is 0 Å². The van der Waals surface area contributed by atoms with Crippen LogP contribution in [0.1, 0.15) is 33.6 Å². The van der Waals surface area contributed by atoms with Crippen LogP contribution in [0.3, 0.4) is 0 Å². The number of likely N-dealkylation sites (tertiary alicyclic amines) is 1. The lowest BCUT2D eigenvalue weighted by atomic mass is 10.1. The van der Waals surface area contributed by atoms with Crippen LogP contribution in [0.2, 0.25) is 0 Å². The van der Waals surface area contributed by atoms with Gasteiger partial charge < -0.3 is 0 Å². The first-order valence-corrected chi connectivity index (χ1v) is 4.83. The van der Waals surface area contributed by atoms with Crippen molar-refractivity contribution in [2.45, 2.75) is 39.7 Å². The summed E-state index contributed by atoms with van der Waals surface area (Å²) in [6.07, 6.45) is 2.01. The number of carbonyl (C=O) groups is 1. The molecular formula is C10H19NO. The highest BCUT2D eigenvalue weighted by atomic mass is 16.1. The Hall–Kier alpha value is -0.370. The third-order valence-electron chi connectivity index (χ3n) is 2.66. The lowest BCUT2D eigenvalue weighted by Crippen LogP contribution is -2.29. The zero-order valence-electron chi connectivity index (χ0n) is 8.34. The molecule has 0 aliphatic carbocycles. The number of nitrogens with zero attached hydrogens (tertiary/aromatic N) is 1. The molecule has 2 heteroatoms. The first-order chi connectivity index (χ1) is 5.59. The molecule has 1 fully saturated rings. The first kappa shape index (κ1) is 9.72. The molecular weight excluding hydrogens is 150 g/mol. The van der Waals surface area contributed by atoms with Gasteiger partial charge in [-0.1, -0.05) is 6.92 Å². The average molecular weight is 169 g/mol. The van der Waals surface area contributed by atoms with Gasteiger partial charge >= 0.3 is 0 Å². The van der Waals surface area contributed by atoms with Gasteiger partial charge in [-0.2, -0.15) is 0 Å². The molecule has 0 aromatic heterocycles. The molecule has 1 aliphatic heterocycles. The molecule has 1 rings (SSSR count). The van der Waals surface area contributed by atoms with Crippen molar-refractivity contribution >= 4 is 5.78 Å². The van der Waals surface area contributed by atoms with E-state index in [0.29, 0.717) is 11.8 Å². The highest BCUT2D eigenvalue weighted by molar-refractivity contribution is 5.75. The summed E-state index contributed by atoms with van der Waals surface area (Å²) in [6, 6.07) is 0.680. The highest BCUT2D eigenvalue weighted by Gasteiger charge is 2.25. The minimum atomic E-state index is 0.307. The van der Waals surface area contributed by atoms with E-state index in [2.05, 4.69) is 18.7 Å². The van der Waals surface area contributed by atoms with Gasteiger partial charge in [0.2, 0.25) is 0 Å². The van der Waals surface area contributed by atoms with Crippen LogP contribution in [0.5, 0.6) is 0 Å². The second kappa shape index (κ2) is 4.04. The molecule has 1 aliphatic rings. The van der Waals surface area contributed by atoms with E-state index in [1.54, 1.807) is 6.92 Å². The van der Waals surface area contributed by atoms with Gasteiger partial charge in [-0.25, -0.2) is 0 Å². The number of ketones is 1. The third-order valence-corrected chi connectivity index (χ3v) is 2.66. The summed E-state index contributed by atoms with van der Waals surface area (Å²) in [5.41, 5.74) is 0. The Balaban J connectivity index is 2.28. The fraction of sp³-hybridized carbons (Fsp3) is 0.900. The molecule has 2 atom stereocenters. The maximum Gasteiger partial charge on any atom is 0.131 e. The smallest absolute Gasteiger partial charge is 0.131 e. The molecule has 0 amide bonds. The molecule has 0 spiro atoms. The molecule has 0 N–H and O–H groups in total. The Morgan fingerprint density at radius 1 is 1.50 bits per heavy atom. The molecule has 2 nitrogen and oxygen atoms in total. The van der Waals surface area contributed by atoms with E-state index in [-0.39, 0.29) is 0 Å². The summed E-state index contributed by atoms with van der Waals surface area (Å²) in [7, 11) is 0. The largest absolute Gasteiger partial charge is 0.300 e. The van der Waals surface area contributed by atoms with Crippen molar-refractivity contribution in [3.05, 3.63) is 0 Å². The molecule has 70 valence electrons. The number of hydrogen-bond donors (Lipinski definition) is 0. The summed E-state index contributed by atoms with van der Waals surface area (Å²) in [5.74, 6) is 1.12. The van der Waals surface area contributed by atoms with E-state index >= 15 is 0 Å².